The molecule has 0 aliphatic heterocycles. The molecule has 3 N–H and O–H groups in total. The Morgan fingerprint density at radius 3 is 2.53 bits per heavy atom. The Bertz CT molecular complexity index is 414. The second-order valence-electron chi connectivity index (χ2n) is 4.94. The Labute approximate surface area is 102 Å². The number of urea groups is 1. The van der Waals surface area contributed by atoms with Gasteiger partial charge in [0.25, 0.3) is 0 Å². The van der Waals surface area contributed by atoms with Crippen molar-refractivity contribution in [2.75, 3.05) is 11.9 Å². The maximum Gasteiger partial charge on any atom is 0.319 e. The van der Waals surface area contributed by atoms with Crippen LogP contribution >= 0.6 is 0 Å². The molecule has 0 fully saturated rings. The third-order valence-electron chi connectivity index (χ3n) is 2.48. The van der Waals surface area contributed by atoms with E-state index in [0.29, 0.717) is 0 Å². The molecule has 4 nitrogen and oxygen atoms in total. The third-order valence-corrected chi connectivity index (χ3v) is 2.48. The van der Waals surface area contributed by atoms with Gasteiger partial charge in [-0.05, 0) is 39.3 Å². The van der Waals surface area contributed by atoms with Crippen molar-refractivity contribution in [3.8, 4) is 0 Å². The number of amides is 2. The van der Waals surface area contributed by atoms with Gasteiger partial charge in [-0.25, -0.2) is 4.79 Å². The van der Waals surface area contributed by atoms with Gasteiger partial charge in [-0.15, -0.1) is 0 Å². The molecule has 0 aliphatic rings. The Balaban J connectivity index is 2.69. The summed E-state index contributed by atoms with van der Waals surface area (Å²) in [4.78, 5) is 11.7. The normalized spacial score (nSPS) is 11.1. The van der Waals surface area contributed by atoms with E-state index in [2.05, 4.69) is 10.6 Å². The summed E-state index contributed by atoms with van der Waals surface area (Å²) in [6, 6.07) is 5.51. The summed E-state index contributed by atoms with van der Waals surface area (Å²) < 4.78 is 0. The number of benzene rings is 1. The summed E-state index contributed by atoms with van der Waals surface area (Å²) in [5.41, 5.74) is 2.33. The fourth-order valence-electron chi connectivity index (χ4n) is 1.45. The first kappa shape index (κ1) is 13.5. The predicted molar refractivity (Wildman–Crippen MR) is 69.2 cm³/mol. The highest BCUT2D eigenvalue weighted by Crippen LogP contribution is 2.16. The summed E-state index contributed by atoms with van der Waals surface area (Å²) >= 11 is 0. The van der Waals surface area contributed by atoms with Crippen molar-refractivity contribution in [2.24, 2.45) is 0 Å². The summed E-state index contributed by atoms with van der Waals surface area (Å²) in [6.07, 6.45) is 0. The first-order valence-electron chi connectivity index (χ1n) is 5.61. The lowest BCUT2D eigenvalue weighted by atomic mass is 10.1. The molecule has 0 saturated carbocycles. The number of aliphatic hydroxyl groups is 1. The minimum Gasteiger partial charge on any atom is -0.394 e. The number of aliphatic hydroxyl groups excluding tert-OH is 1. The number of carbonyl (C=O) groups excluding carboxylic acids is 1. The number of carbonyl (C=O) groups is 1. The van der Waals surface area contributed by atoms with Crippen LogP contribution in [-0.2, 0) is 0 Å². The number of hydrogen-bond donors (Lipinski definition) is 3. The standard InChI is InChI=1S/C13H20N2O2/c1-9-5-6-11(10(2)7-9)14-12(17)15-13(3,4)8-16/h5-7,16H,8H2,1-4H3,(H2,14,15,17). The lowest BCUT2D eigenvalue weighted by molar-refractivity contribution is 0.187. The van der Waals surface area contributed by atoms with Gasteiger partial charge in [0.2, 0.25) is 0 Å². The molecule has 0 heterocycles. The van der Waals surface area contributed by atoms with Gasteiger partial charge in [-0.3, -0.25) is 0 Å². The average molecular weight is 236 g/mol. The van der Waals surface area contributed by atoms with Crippen LogP contribution in [0.3, 0.4) is 0 Å². The topological polar surface area (TPSA) is 61.4 Å². The lowest BCUT2D eigenvalue weighted by Crippen LogP contribution is -2.48. The minimum absolute atomic E-state index is 0.104. The van der Waals surface area contributed by atoms with Crippen LogP contribution in [0.4, 0.5) is 10.5 Å². The van der Waals surface area contributed by atoms with Gasteiger partial charge in [0.15, 0.2) is 0 Å². The SMILES string of the molecule is Cc1ccc(NC(=O)NC(C)(C)CO)c(C)c1. The summed E-state index contributed by atoms with van der Waals surface area (Å²) in [5, 5.41) is 14.5. The molecule has 0 atom stereocenters. The average Bonchev–Trinajstić information content (AvgIpc) is 2.21. The maximum atomic E-state index is 11.7. The Hall–Kier alpha value is -1.55. The monoisotopic (exact) mass is 236 g/mol. The van der Waals surface area contributed by atoms with Gasteiger partial charge in [-0.1, -0.05) is 17.7 Å². The van der Waals surface area contributed by atoms with E-state index >= 15 is 0 Å². The zero-order chi connectivity index (χ0) is 13.1. The largest absolute Gasteiger partial charge is 0.394 e. The highest BCUT2D eigenvalue weighted by molar-refractivity contribution is 5.90. The number of anilines is 1. The summed E-state index contributed by atoms with van der Waals surface area (Å²) in [6.45, 7) is 7.36. The number of nitrogens with one attached hydrogen (secondary N) is 2. The van der Waals surface area contributed by atoms with Gasteiger partial charge in [0.05, 0.1) is 12.1 Å². The molecule has 2 amide bonds. The molecule has 1 aromatic carbocycles. The van der Waals surface area contributed by atoms with Gasteiger partial charge in [0.1, 0.15) is 0 Å². The minimum atomic E-state index is -0.622. The van der Waals surface area contributed by atoms with Crippen molar-refractivity contribution in [2.45, 2.75) is 33.2 Å². The molecule has 17 heavy (non-hydrogen) atoms. The highest BCUT2D eigenvalue weighted by Gasteiger charge is 2.19. The molecule has 4 heteroatoms. The second-order valence-corrected chi connectivity index (χ2v) is 4.94. The number of rotatable bonds is 3. The van der Waals surface area contributed by atoms with Crippen LogP contribution in [0.25, 0.3) is 0 Å². The summed E-state index contributed by atoms with van der Waals surface area (Å²) in [7, 11) is 0. The van der Waals surface area contributed by atoms with Crippen molar-refractivity contribution in [3.63, 3.8) is 0 Å². The molecule has 0 spiro atoms. The highest BCUT2D eigenvalue weighted by atomic mass is 16.3. The lowest BCUT2D eigenvalue weighted by Gasteiger charge is -2.23. The van der Waals surface area contributed by atoms with E-state index in [0.717, 1.165) is 16.8 Å². The molecule has 0 aromatic heterocycles. The van der Waals surface area contributed by atoms with E-state index in [1.807, 2.05) is 32.0 Å². The quantitative estimate of drug-likeness (QED) is 0.753. The van der Waals surface area contributed by atoms with Gasteiger partial charge in [-0.2, -0.15) is 0 Å². The van der Waals surface area contributed by atoms with Gasteiger partial charge in [0, 0.05) is 5.69 Å². The zero-order valence-corrected chi connectivity index (χ0v) is 10.8. The number of hydrogen-bond acceptors (Lipinski definition) is 2. The van der Waals surface area contributed by atoms with Crippen molar-refractivity contribution in [3.05, 3.63) is 29.3 Å². The zero-order valence-electron chi connectivity index (χ0n) is 10.8. The molecule has 0 bridgehead atoms. The van der Waals surface area contributed by atoms with Crippen LogP contribution in [0.1, 0.15) is 25.0 Å². The molecule has 1 aromatic rings. The molecule has 1 rings (SSSR count). The third kappa shape index (κ3) is 4.07. The van der Waals surface area contributed by atoms with Gasteiger partial charge < -0.3 is 15.7 Å². The molecule has 0 radical (unpaired) electrons. The van der Waals surface area contributed by atoms with E-state index in [1.165, 1.54) is 0 Å². The molecule has 0 aliphatic carbocycles. The van der Waals surface area contributed by atoms with Crippen LogP contribution in [0.2, 0.25) is 0 Å². The van der Waals surface area contributed by atoms with Gasteiger partial charge >= 0.3 is 6.03 Å². The van der Waals surface area contributed by atoms with Crippen LogP contribution in [0.15, 0.2) is 18.2 Å². The Morgan fingerprint density at radius 1 is 1.35 bits per heavy atom. The molecular weight excluding hydrogens is 216 g/mol. The fraction of sp³-hybridized carbons (Fsp3) is 0.462. The Kier molecular flexibility index (Phi) is 4.12. The molecule has 0 unspecified atom stereocenters. The molecular formula is C13H20N2O2. The van der Waals surface area contributed by atoms with Crippen molar-refractivity contribution >= 4 is 11.7 Å². The van der Waals surface area contributed by atoms with E-state index in [-0.39, 0.29) is 12.6 Å². The first-order valence-corrected chi connectivity index (χ1v) is 5.61. The predicted octanol–water partition coefficient (Wildman–Crippen LogP) is 2.20. The van der Waals surface area contributed by atoms with E-state index in [4.69, 9.17) is 5.11 Å². The van der Waals surface area contributed by atoms with E-state index < -0.39 is 5.54 Å². The fourth-order valence-corrected chi connectivity index (χ4v) is 1.45. The molecule has 94 valence electrons. The van der Waals surface area contributed by atoms with Crippen molar-refractivity contribution < 1.29 is 9.90 Å². The van der Waals surface area contributed by atoms with Crippen molar-refractivity contribution in [1.82, 2.24) is 5.32 Å². The Morgan fingerprint density at radius 2 is 2.00 bits per heavy atom. The smallest absolute Gasteiger partial charge is 0.319 e. The summed E-state index contributed by atoms with van der Waals surface area (Å²) in [5.74, 6) is 0. The van der Waals surface area contributed by atoms with Crippen LogP contribution in [-0.4, -0.2) is 23.3 Å². The van der Waals surface area contributed by atoms with E-state index in [1.54, 1.807) is 13.8 Å². The maximum absolute atomic E-state index is 11.7. The van der Waals surface area contributed by atoms with E-state index in [9.17, 15) is 4.79 Å². The van der Waals surface area contributed by atoms with Crippen LogP contribution in [0.5, 0.6) is 0 Å². The molecule has 0 saturated heterocycles. The van der Waals surface area contributed by atoms with Crippen LogP contribution in [0, 0.1) is 13.8 Å². The first-order chi connectivity index (χ1) is 7.84. The van der Waals surface area contributed by atoms with Crippen LogP contribution < -0.4 is 10.6 Å². The van der Waals surface area contributed by atoms with Crippen molar-refractivity contribution in [1.29, 1.82) is 0 Å². The number of aryl methyl sites for hydroxylation is 2. The second kappa shape index (κ2) is 5.19.